The molecule has 0 fully saturated rings. The van der Waals surface area contributed by atoms with E-state index in [4.69, 9.17) is 23.2 Å². The lowest BCUT2D eigenvalue weighted by atomic mass is 10.1. The van der Waals surface area contributed by atoms with Crippen molar-refractivity contribution >= 4 is 44.8 Å². The molecule has 0 aliphatic carbocycles. The van der Waals surface area contributed by atoms with Crippen molar-refractivity contribution in [3.63, 3.8) is 0 Å². The number of hydrogen-bond acceptors (Lipinski definition) is 3. The van der Waals surface area contributed by atoms with Gasteiger partial charge in [0.05, 0.1) is 11.3 Å². The highest BCUT2D eigenvalue weighted by molar-refractivity contribution is 7.17. The summed E-state index contributed by atoms with van der Waals surface area (Å²) in [6.07, 6.45) is 0. The zero-order valence-corrected chi connectivity index (χ0v) is 11.9. The van der Waals surface area contributed by atoms with Gasteiger partial charge in [-0.1, -0.05) is 23.7 Å². The van der Waals surface area contributed by atoms with Crippen molar-refractivity contribution < 1.29 is 0 Å². The summed E-state index contributed by atoms with van der Waals surface area (Å²) >= 11 is 13.1. The molecule has 6 heteroatoms. The highest BCUT2D eigenvalue weighted by atomic mass is 35.5. The molecule has 2 aromatic heterocycles. The largest absolute Gasteiger partial charge is 0.309 e. The van der Waals surface area contributed by atoms with E-state index in [1.165, 1.54) is 11.3 Å². The molecule has 0 atom stereocenters. The van der Waals surface area contributed by atoms with Crippen LogP contribution in [0.25, 0.3) is 21.3 Å². The molecule has 3 nitrogen and oxygen atoms in total. The average Bonchev–Trinajstić information content (AvgIpc) is 2.83. The third-order valence-electron chi connectivity index (χ3n) is 2.76. The van der Waals surface area contributed by atoms with Gasteiger partial charge in [0.1, 0.15) is 10.7 Å². The highest BCUT2D eigenvalue weighted by Crippen LogP contribution is 2.31. The van der Waals surface area contributed by atoms with Crippen LogP contribution in [0.2, 0.25) is 5.02 Å². The van der Waals surface area contributed by atoms with Gasteiger partial charge in [-0.2, -0.15) is 0 Å². The smallest absolute Gasteiger partial charge is 0.260 e. The summed E-state index contributed by atoms with van der Waals surface area (Å²) in [5.41, 5.74) is 1.58. The van der Waals surface area contributed by atoms with Gasteiger partial charge >= 0.3 is 0 Å². The van der Waals surface area contributed by atoms with E-state index >= 15 is 0 Å². The van der Waals surface area contributed by atoms with E-state index in [1.807, 2.05) is 23.6 Å². The number of aromatic nitrogens is 2. The Labute approximate surface area is 122 Å². The van der Waals surface area contributed by atoms with Crippen LogP contribution in [0.5, 0.6) is 0 Å². The first-order valence-electron chi connectivity index (χ1n) is 5.51. The van der Waals surface area contributed by atoms with Crippen LogP contribution in [0.15, 0.2) is 34.4 Å². The number of rotatable bonds is 2. The predicted molar refractivity (Wildman–Crippen MR) is 80.2 cm³/mol. The third kappa shape index (κ3) is 2.27. The van der Waals surface area contributed by atoms with Crippen molar-refractivity contribution in [3.8, 4) is 11.1 Å². The van der Waals surface area contributed by atoms with Crippen molar-refractivity contribution in [2.45, 2.75) is 5.88 Å². The first kappa shape index (κ1) is 12.7. The maximum atomic E-state index is 12.1. The lowest BCUT2D eigenvalue weighted by molar-refractivity contribution is 1.04. The van der Waals surface area contributed by atoms with E-state index in [0.717, 1.165) is 11.1 Å². The molecule has 3 rings (SSSR count). The summed E-state index contributed by atoms with van der Waals surface area (Å²) in [5, 5.41) is 3.14. The van der Waals surface area contributed by atoms with E-state index < -0.39 is 0 Å². The SMILES string of the molecule is O=c1[nH]c(CCl)nc2scc(-c3cccc(Cl)c3)c12. The quantitative estimate of drug-likeness (QED) is 0.726. The fourth-order valence-corrected chi connectivity index (χ4v) is 3.21. The summed E-state index contributed by atoms with van der Waals surface area (Å²) in [6, 6.07) is 7.41. The van der Waals surface area contributed by atoms with Gasteiger partial charge in [0.2, 0.25) is 0 Å². The average molecular weight is 311 g/mol. The van der Waals surface area contributed by atoms with Crippen molar-refractivity contribution in [2.75, 3.05) is 0 Å². The van der Waals surface area contributed by atoms with Crippen LogP contribution in [0.4, 0.5) is 0 Å². The molecule has 0 aliphatic heterocycles. The van der Waals surface area contributed by atoms with E-state index in [0.29, 0.717) is 21.1 Å². The zero-order valence-electron chi connectivity index (χ0n) is 9.61. The van der Waals surface area contributed by atoms with Crippen molar-refractivity contribution in [1.29, 1.82) is 0 Å². The second kappa shape index (κ2) is 4.96. The minimum absolute atomic E-state index is 0.170. The van der Waals surface area contributed by atoms with Crippen molar-refractivity contribution in [2.24, 2.45) is 0 Å². The molecular weight excluding hydrogens is 303 g/mol. The van der Waals surface area contributed by atoms with Crippen molar-refractivity contribution in [1.82, 2.24) is 9.97 Å². The molecule has 1 N–H and O–H groups in total. The number of fused-ring (bicyclic) bond motifs is 1. The van der Waals surface area contributed by atoms with Gasteiger partial charge in [-0.05, 0) is 17.7 Å². The number of alkyl halides is 1. The maximum absolute atomic E-state index is 12.1. The normalized spacial score (nSPS) is 11.1. The van der Waals surface area contributed by atoms with Gasteiger partial charge in [0, 0.05) is 16.0 Å². The van der Waals surface area contributed by atoms with Gasteiger partial charge < -0.3 is 4.98 Å². The molecule has 96 valence electrons. The molecular formula is C13H8Cl2N2OS. The Kier molecular flexibility index (Phi) is 3.31. The number of nitrogens with one attached hydrogen (secondary N) is 1. The first-order chi connectivity index (χ1) is 9.19. The molecule has 0 bridgehead atoms. The number of thiophene rings is 1. The van der Waals surface area contributed by atoms with Crippen LogP contribution in [0.3, 0.4) is 0 Å². The topological polar surface area (TPSA) is 45.8 Å². The lowest BCUT2D eigenvalue weighted by Gasteiger charge is -2.00. The molecule has 0 radical (unpaired) electrons. The standard InChI is InChI=1S/C13H8Cl2N2OS/c14-5-10-16-12(18)11-9(6-19-13(11)17-10)7-2-1-3-8(15)4-7/h1-4,6H,5H2,(H,16,17,18). The maximum Gasteiger partial charge on any atom is 0.260 e. The Morgan fingerprint density at radius 1 is 1.37 bits per heavy atom. The number of H-pyrrole nitrogens is 1. The molecule has 0 saturated carbocycles. The van der Waals surface area contributed by atoms with E-state index in [-0.39, 0.29) is 11.4 Å². The number of nitrogens with zero attached hydrogens (tertiary/aromatic N) is 1. The predicted octanol–water partition coefficient (Wildman–Crippen LogP) is 4.04. The molecule has 0 amide bonds. The molecule has 0 saturated heterocycles. The lowest BCUT2D eigenvalue weighted by Crippen LogP contribution is -2.10. The zero-order chi connectivity index (χ0) is 13.4. The molecule has 0 aliphatic rings. The van der Waals surface area contributed by atoms with Crippen LogP contribution in [0.1, 0.15) is 5.82 Å². The van der Waals surface area contributed by atoms with Crippen molar-refractivity contribution in [3.05, 3.63) is 50.8 Å². The van der Waals surface area contributed by atoms with Gasteiger partial charge in [0.15, 0.2) is 0 Å². The van der Waals surface area contributed by atoms with Crippen LogP contribution < -0.4 is 5.56 Å². The second-order valence-corrected chi connectivity index (χ2v) is 5.55. The Morgan fingerprint density at radius 2 is 2.21 bits per heavy atom. The van der Waals surface area contributed by atoms with E-state index in [2.05, 4.69) is 9.97 Å². The summed E-state index contributed by atoms with van der Waals surface area (Å²) in [7, 11) is 0. The van der Waals surface area contributed by atoms with Gasteiger partial charge in [-0.3, -0.25) is 4.79 Å². The summed E-state index contributed by atoms with van der Waals surface area (Å²) in [4.78, 5) is 19.8. The number of aromatic amines is 1. The molecule has 0 unspecified atom stereocenters. The van der Waals surface area contributed by atoms with Gasteiger partial charge in [-0.25, -0.2) is 4.98 Å². The van der Waals surface area contributed by atoms with Crippen LogP contribution in [0, 0.1) is 0 Å². The minimum Gasteiger partial charge on any atom is -0.309 e. The molecule has 1 aromatic carbocycles. The third-order valence-corrected chi connectivity index (χ3v) is 4.12. The van der Waals surface area contributed by atoms with Crippen LogP contribution in [-0.4, -0.2) is 9.97 Å². The van der Waals surface area contributed by atoms with Crippen LogP contribution >= 0.6 is 34.5 Å². The Bertz CT molecular complexity index is 810. The fourth-order valence-electron chi connectivity index (χ4n) is 1.93. The summed E-state index contributed by atoms with van der Waals surface area (Å²) in [6.45, 7) is 0. The number of hydrogen-bond donors (Lipinski definition) is 1. The molecule has 0 spiro atoms. The van der Waals surface area contributed by atoms with Gasteiger partial charge in [-0.15, -0.1) is 22.9 Å². The molecule has 3 aromatic rings. The Hall–Kier alpha value is -1.36. The molecule has 19 heavy (non-hydrogen) atoms. The van der Waals surface area contributed by atoms with E-state index in [9.17, 15) is 4.79 Å². The fraction of sp³-hybridized carbons (Fsp3) is 0.0769. The first-order valence-corrected chi connectivity index (χ1v) is 7.30. The minimum atomic E-state index is -0.170. The molecule has 2 heterocycles. The Balaban J connectivity index is 2.29. The number of halogens is 2. The van der Waals surface area contributed by atoms with E-state index in [1.54, 1.807) is 6.07 Å². The van der Waals surface area contributed by atoms with Gasteiger partial charge in [0.25, 0.3) is 5.56 Å². The monoisotopic (exact) mass is 310 g/mol. The number of benzene rings is 1. The highest BCUT2D eigenvalue weighted by Gasteiger charge is 2.12. The van der Waals surface area contributed by atoms with Crippen LogP contribution in [-0.2, 0) is 5.88 Å². The Morgan fingerprint density at radius 3 is 2.95 bits per heavy atom. The summed E-state index contributed by atoms with van der Waals surface area (Å²) in [5.74, 6) is 0.675. The second-order valence-electron chi connectivity index (χ2n) is 3.99. The summed E-state index contributed by atoms with van der Waals surface area (Å²) < 4.78 is 0.